The predicted octanol–water partition coefficient (Wildman–Crippen LogP) is -3.55. The zero-order valence-corrected chi connectivity index (χ0v) is 13.6. The number of carbonyl (C=O) groups excluding carboxylic acids is 1. The van der Waals surface area contributed by atoms with E-state index in [9.17, 15) is 30.0 Å². The van der Waals surface area contributed by atoms with Crippen molar-refractivity contribution in [3.63, 3.8) is 0 Å². The molecule has 13 heteroatoms. The average Bonchev–Trinajstić information content (AvgIpc) is 3.01. The van der Waals surface area contributed by atoms with Crippen LogP contribution in [-0.2, 0) is 11.2 Å². The van der Waals surface area contributed by atoms with E-state index in [1.807, 2.05) is 0 Å². The molecule has 3 heterocycles. The second-order valence-electron chi connectivity index (χ2n) is 5.81. The van der Waals surface area contributed by atoms with E-state index in [2.05, 4.69) is 15.4 Å². The van der Waals surface area contributed by atoms with Crippen LogP contribution in [0.15, 0.2) is 4.79 Å². The van der Waals surface area contributed by atoms with E-state index in [0.717, 1.165) is 0 Å². The van der Waals surface area contributed by atoms with Crippen LogP contribution < -0.4 is 11.3 Å². The van der Waals surface area contributed by atoms with Gasteiger partial charge in [0.15, 0.2) is 11.7 Å². The molecule has 26 heavy (non-hydrogen) atoms. The highest BCUT2D eigenvalue weighted by atomic mass is 16.6. The first-order valence-corrected chi connectivity index (χ1v) is 7.79. The van der Waals surface area contributed by atoms with Crippen LogP contribution in [0.4, 0.5) is 4.79 Å². The second-order valence-corrected chi connectivity index (χ2v) is 5.81. The van der Waals surface area contributed by atoms with E-state index >= 15 is 0 Å². The molecule has 1 fully saturated rings. The van der Waals surface area contributed by atoms with Gasteiger partial charge in [-0.2, -0.15) is 14.5 Å². The molecule has 0 saturated carbocycles. The van der Waals surface area contributed by atoms with Gasteiger partial charge >= 0.3 is 6.03 Å². The minimum atomic E-state index is -1.74. The highest BCUT2D eigenvalue weighted by molar-refractivity contribution is 5.87. The van der Waals surface area contributed by atoms with Crippen molar-refractivity contribution in [1.29, 1.82) is 0 Å². The summed E-state index contributed by atoms with van der Waals surface area (Å²) < 4.78 is 6.56. The molecule has 0 radical (unpaired) electrons. The lowest BCUT2D eigenvalue weighted by Gasteiger charge is -2.39. The molecule has 3 rings (SSSR count). The molecular weight excluding hydrogens is 352 g/mol. The summed E-state index contributed by atoms with van der Waals surface area (Å²) in [5, 5.41) is 50.5. The van der Waals surface area contributed by atoms with Gasteiger partial charge in [0.1, 0.15) is 29.9 Å². The van der Waals surface area contributed by atoms with Gasteiger partial charge in [-0.15, -0.1) is 5.10 Å². The Hall–Kier alpha value is -2.45. The molecule has 0 aliphatic carbocycles. The number of hydrogen-bond acceptors (Lipinski definition) is 10. The Morgan fingerprint density at radius 1 is 1.27 bits per heavy atom. The Morgan fingerprint density at radius 3 is 2.54 bits per heavy atom. The fraction of sp³-hybridized carbons (Fsp3) is 0.615. The molecule has 13 nitrogen and oxygen atoms in total. The Balaban J connectivity index is 2.17. The molecular formula is C13H18N6O7. The van der Waals surface area contributed by atoms with Crippen LogP contribution in [0.1, 0.15) is 18.8 Å². The van der Waals surface area contributed by atoms with Crippen LogP contribution >= 0.6 is 0 Å². The van der Waals surface area contributed by atoms with Crippen LogP contribution in [0, 0.1) is 0 Å². The molecule has 1 aliphatic heterocycles. The van der Waals surface area contributed by atoms with Crippen molar-refractivity contribution in [3.8, 4) is 0 Å². The SMILES string of the molecule is CCc1nn(C(N)=O)c2c(=O)n(C3OC(CO)C(O)C(O)C3O)nnc12. The van der Waals surface area contributed by atoms with E-state index in [1.165, 1.54) is 0 Å². The molecule has 1 amide bonds. The predicted molar refractivity (Wildman–Crippen MR) is 83.0 cm³/mol. The number of aryl methyl sites for hydroxylation is 1. The first-order chi connectivity index (χ1) is 12.3. The number of amides is 1. The number of aromatic nitrogens is 5. The fourth-order valence-electron chi connectivity index (χ4n) is 2.84. The summed E-state index contributed by atoms with van der Waals surface area (Å²) in [5.74, 6) is 0. The third-order valence-electron chi connectivity index (χ3n) is 4.23. The molecule has 142 valence electrons. The van der Waals surface area contributed by atoms with Crippen LogP contribution in [0.5, 0.6) is 0 Å². The Bertz CT molecular complexity index is 893. The van der Waals surface area contributed by atoms with Gasteiger partial charge in [-0.05, 0) is 6.42 Å². The quantitative estimate of drug-likeness (QED) is 0.360. The summed E-state index contributed by atoms with van der Waals surface area (Å²) in [6.45, 7) is 1.06. The summed E-state index contributed by atoms with van der Waals surface area (Å²) in [6, 6.07) is -1.01. The van der Waals surface area contributed by atoms with Gasteiger partial charge in [-0.1, -0.05) is 12.1 Å². The number of hydrogen-bond donors (Lipinski definition) is 5. The smallest absolute Gasteiger partial charge is 0.340 e. The van der Waals surface area contributed by atoms with Crippen molar-refractivity contribution in [1.82, 2.24) is 24.8 Å². The van der Waals surface area contributed by atoms with Crippen molar-refractivity contribution in [3.05, 3.63) is 16.0 Å². The molecule has 1 saturated heterocycles. The number of fused-ring (bicyclic) bond motifs is 1. The van der Waals surface area contributed by atoms with E-state index in [0.29, 0.717) is 21.5 Å². The summed E-state index contributed by atoms with van der Waals surface area (Å²) in [6.07, 6.45) is -7.49. The number of rotatable bonds is 3. The first kappa shape index (κ1) is 18.3. The number of aliphatic hydroxyl groups excluding tert-OH is 4. The molecule has 2 aromatic rings. The molecule has 0 bridgehead atoms. The summed E-state index contributed by atoms with van der Waals surface area (Å²) >= 11 is 0. The van der Waals surface area contributed by atoms with Gasteiger partial charge < -0.3 is 30.9 Å². The molecule has 6 N–H and O–H groups in total. The second kappa shape index (κ2) is 6.69. The van der Waals surface area contributed by atoms with Crippen molar-refractivity contribution in [2.75, 3.05) is 6.61 Å². The van der Waals surface area contributed by atoms with Crippen molar-refractivity contribution < 1.29 is 30.0 Å². The maximum absolute atomic E-state index is 12.8. The van der Waals surface area contributed by atoms with E-state index in [1.54, 1.807) is 6.92 Å². The van der Waals surface area contributed by atoms with Gasteiger partial charge in [0, 0.05) is 0 Å². The third kappa shape index (κ3) is 2.65. The Morgan fingerprint density at radius 2 is 1.96 bits per heavy atom. The monoisotopic (exact) mass is 370 g/mol. The summed E-state index contributed by atoms with van der Waals surface area (Å²) in [7, 11) is 0. The number of carbonyl (C=O) groups is 1. The Labute approximate surface area is 145 Å². The molecule has 5 unspecified atom stereocenters. The van der Waals surface area contributed by atoms with Crippen LogP contribution in [0.3, 0.4) is 0 Å². The zero-order chi connectivity index (χ0) is 19.2. The van der Waals surface area contributed by atoms with Crippen LogP contribution in [-0.4, -0.2) is 82.3 Å². The number of nitrogens with two attached hydrogens (primary N) is 1. The topological polar surface area (TPSA) is 199 Å². The zero-order valence-electron chi connectivity index (χ0n) is 13.6. The maximum atomic E-state index is 12.8. The number of ether oxygens (including phenoxy) is 1. The molecule has 5 atom stereocenters. The van der Waals surface area contributed by atoms with Crippen molar-refractivity contribution in [2.45, 2.75) is 44.0 Å². The normalized spacial score (nSPS) is 29.2. The van der Waals surface area contributed by atoms with Crippen molar-refractivity contribution in [2.24, 2.45) is 5.73 Å². The Kier molecular flexibility index (Phi) is 4.72. The summed E-state index contributed by atoms with van der Waals surface area (Å²) in [4.78, 5) is 24.4. The van der Waals surface area contributed by atoms with Gasteiger partial charge in [-0.3, -0.25) is 4.79 Å². The van der Waals surface area contributed by atoms with E-state index < -0.39 is 48.8 Å². The van der Waals surface area contributed by atoms with Gasteiger partial charge in [-0.25, -0.2) is 4.79 Å². The van der Waals surface area contributed by atoms with E-state index in [-0.39, 0.29) is 11.0 Å². The standard InChI is InChI=1S/C13H18N6O7/c1-2-4-6-7(18(16-4)13(14)25)11(24)19(17-15-6)12-10(23)9(22)8(21)5(3-20)26-12/h5,8-10,12,20-23H,2-3H2,1H3,(H2,14,25). The summed E-state index contributed by atoms with van der Waals surface area (Å²) in [5.41, 5.74) is 4.46. The minimum absolute atomic E-state index is 0.0668. The highest BCUT2D eigenvalue weighted by Crippen LogP contribution is 2.27. The average molecular weight is 370 g/mol. The van der Waals surface area contributed by atoms with Crippen LogP contribution in [0.25, 0.3) is 11.0 Å². The lowest BCUT2D eigenvalue weighted by Crippen LogP contribution is -2.58. The van der Waals surface area contributed by atoms with Crippen molar-refractivity contribution >= 4 is 17.1 Å². The number of nitrogens with zero attached hydrogens (tertiary/aromatic N) is 5. The largest absolute Gasteiger partial charge is 0.394 e. The molecule has 0 aromatic carbocycles. The molecule has 0 spiro atoms. The van der Waals surface area contributed by atoms with Crippen LogP contribution in [0.2, 0.25) is 0 Å². The number of aliphatic hydroxyl groups is 4. The van der Waals surface area contributed by atoms with Gasteiger partial charge in [0.05, 0.1) is 12.3 Å². The molecule has 2 aromatic heterocycles. The minimum Gasteiger partial charge on any atom is -0.394 e. The number of primary amides is 1. The highest BCUT2D eigenvalue weighted by Gasteiger charge is 2.45. The van der Waals surface area contributed by atoms with E-state index in [4.69, 9.17) is 10.5 Å². The third-order valence-corrected chi connectivity index (χ3v) is 4.23. The molecule has 1 aliphatic rings. The van der Waals surface area contributed by atoms with Gasteiger partial charge in [0.25, 0.3) is 5.56 Å². The maximum Gasteiger partial charge on any atom is 0.340 e. The fourth-order valence-corrected chi connectivity index (χ4v) is 2.84. The lowest BCUT2D eigenvalue weighted by atomic mass is 9.98. The van der Waals surface area contributed by atoms with Gasteiger partial charge in [0.2, 0.25) is 0 Å². The lowest BCUT2D eigenvalue weighted by molar-refractivity contribution is -0.255. The first-order valence-electron chi connectivity index (χ1n) is 7.79.